The summed E-state index contributed by atoms with van der Waals surface area (Å²) in [6.45, 7) is 2.32. The zero-order chi connectivity index (χ0) is 14.4. The van der Waals surface area contributed by atoms with E-state index in [4.69, 9.17) is 0 Å². The third kappa shape index (κ3) is 2.24. The van der Waals surface area contributed by atoms with Gasteiger partial charge in [0.15, 0.2) is 0 Å². The summed E-state index contributed by atoms with van der Waals surface area (Å²) in [6.07, 6.45) is 6.89. The molecule has 21 heavy (non-hydrogen) atoms. The van der Waals surface area contributed by atoms with E-state index in [1.165, 1.54) is 12.8 Å². The van der Waals surface area contributed by atoms with Crippen molar-refractivity contribution in [2.24, 2.45) is 5.41 Å². The second-order valence-electron chi connectivity index (χ2n) is 6.78. The van der Waals surface area contributed by atoms with Crippen LogP contribution in [-0.4, -0.2) is 40.9 Å². The first kappa shape index (κ1) is 12.9. The first-order valence-electron chi connectivity index (χ1n) is 7.90. The van der Waals surface area contributed by atoms with Crippen LogP contribution in [0.1, 0.15) is 48.6 Å². The van der Waals surface area contributed by atoms with Gasteiger partial charge in [0, 0.05) is 38.3 Å². The van der Waals surface area contributed by atoms with E-state index in [0.717, 1.165) is 38.2 Å². The van der Waals surface area contributed by atoms with E-state index in [1.807, 2.05) is 23.2 Å². The number of carbonyl (C=O) groups is 2. The molecule has 0 bridgehead atoms. The molecule has 1 spiro atoms. The van der Waals surface area contributed by atoms with Crippen molar-refractivity contribution in [1.29, 1.82) is 0 Å². The van der Waals surface area contributed by atoms with Crippen LogP contribution in [0.2, 0.25) is 0 Å². The molecule has 0 unspecified atom stereocenters. The van der Waals surface area contributed by atoms with Gasteiger partial charge < -0.3 is 14.8 Å². The molecule has 1 saturated carbocycles. The van der Waals surface area contributed by atoms with Crippen LogP contribution in [0.3, 0.4) is 0 Å². The molecule has 4 rings (SSSR count). The van der Waals surface area contributed by atoms with E-state index < -0.39 is 0 Å². The maximum atomic E-state index is 12.7. The Hall–Kier alpha value is -1.78. The Morgan fingerprint density at radius 2 is 2.05 bits per heavy atom. The topological polar surface area (TPSA) is 54.3 Å². The van der Waals surface area contributed by atoms with Gasteiger partial charge in [0.2, 0.25) is 5.91 Å². The van der Waals surface area contributed by atoms with Gasteiger partial charge in [-0.15, -0.1) is 0 Å². The largest absolute Gasteiger partial charge is 0.356 e. The minimum absolute atomic E-state index is 0.104. The fourth-order valence-corrected chi connectivity index (χ4v) is 3.70. The summed E-state index contributed by atoms with van der Waals surface area (Å²) >= 11 is 0. The first-order chi connectivity index (χ1) is 10.2. The molecule has 2 amide bonds. The van der Waals surface area contributed by atoms with Gasteiger partial charge >= 0.3 is 0 Å². The molecule has 1 aromatic rings. The number of piperidine rings is 1. The van der Waals surface area contributed by atoms with Crippen molar-refractivity contribution in [3.8, 4) is 0 Å². The number of hydrogen-bond acceptors (Lipinski definition) is 2. The highest BCUT2D eigenvalue weighted by atomic mass is 16.2. The van der Waals surface area contributed by atoms with E-state index in [9.17, 15) is 9.59 Å². The second kappa shape index (κ2) is 4.61. The molecule has 3 heterocycles. The van der Waals surface area contributed by atoms with E-state index >= 15 is 0 Å². The third-order valence-corrected chi connectivity index (χ3v) is 5.25. The highest BCUT2D eigenvalue weighted by Crippen LogP contribution is 2.39. The number of amides is 2. The van der Waals surface area contributed by atoms with Crippen LogP contribution in [0.25, 0.3) is 0 Å². The quantitative estimate of drug-likeness (QED) is 0.897. The first-order valence-corrected chi connectivity index (χ1v) is 7.90. The summed E-state index contributed by atoms with van der Waals surface area (Å²) in [5.74, 6) is 0.316. The highest BCUT2D eigenvalue weighted by Gasteiger charge is 2.42. The second-order valence-corrected chi connectivity index (χ2v) is 6.78. The highest BCUT2D eigenvalue weighted by molar-refractivity contribution is 5.93. The van der Waals surface area contributed by atoms with Crippen molar-refractivity contribution < 1.29 is 9.59 Å². The lowest BCUT2D eigenvalue weighted by molar-refractivity contribution is -0.119. The normalized spacial score (nSPS) is 24.4. The predicted octanol–water partition coefficient (Wildman–Crippen LogP) is 1.57. The molecule has 0 atom stereocenters. The van der Waals surface area contributed by atoms with Crippen molar-refractivity contribution in [2.75, 3.05) is 19.6 Å². The summed E-state index contributed by atoms with van der Waals surface area (Å²) in [5, 5.41) is 2.94. The molecule has 2 aliphatic heterocycles. The van der Waals surface area contributed by atoms with Crippen LogP contribution in [0, 0.1) is 5.41 Å². The molecule has 2 saturated heterocycles. The van der Waals surface area contributed by atoms with Gasteiger partial charge in [-0.2, -0.15) is 0 Å². The Labute approximate surface area is 124 Å². The zero-order valence-corrected chi connectivity index (χ0v) is 12.2. The lowest BCUT2D eigenvalue weighted by Gasteiger charge is -2.38. The molecule has 1 N–H and O–H groups in total. The monoisotopic (exact) mass is 287 g/mol. The van der Waals surface area contributed by atoms with Gasteiger partial charge in [0.05, 0.1) is 0 Å². The average Bonchev–Trinajstić information content (AvgIpc) is 3.11. The van der Waals surface area contributed by atoms with Gasteiger partial charge in [-0.05, 0) is 43.2 Å². The van der Waals surface area contributed by atoms with Gasteiger partial charge in [-0.1, -0.05) is 0 Å². The Kier molecular flexibility index (Phi) is 2.84. The summed E-state index contributed by atoms with van der Waals surface area (Å²) in [5.41, 5.74) is 0.931. The van der Waals surface area contributed by atoms with Gasteiger partial charge in [0.1, 0.15) is 5.69 Å². The molecule has 1 aromatic heterocycles. The SMILES string of the molecule is O=C1CC2(CCN(C(=O)c3cccn3C3CC3)CC2)CN1. The number of rotatable bonds is 2. The Balaban J connectivity index is 1.45. The molecule has 0 aromatic carbocycles. The summed E-state index contributed by atoms with van der Waals surface area (Å²) in [7, 11) is 0. The maximum absolute atomic E-state index is 12.7. The number of likely N-dealkylation sites (tertiary alicyclic amines) is 1. The number of carbonyl (C=O) groups excluding carboxylic acids is 2. The standard InChI is InChI=1S/C16H21N3O2/c20-14-10-16(11-17-14)5-8-18(9-6-16)15(21)13-2-1-7-19(13)12-3-4-12/h1-2,7,12H,3-6,8-11H2,(H,17,20). The summed E-state index contributed by atoms with van der Waals surface area (Å²) in [4.78, 5) is 26.1. The molecule has 5 heteroatoms. The number of nitrogens with one attached hydrogen (secondary N) is 1. The molecule has 5 nitrogen and oxygen atoms in total. The van der Waals surface area contributed by atoms with Crippen molar-refractivity contribution in [1.82, 2.24) is 14.8 Å². The fourth-order valence-electron chi connectivity index (χ4n) is 3.70. The van der Waals surface area contributed by atoms with Crippen LogP contribution >= 0.6 is 0 Å². The van der Waals surface area contributed by atoms with E-state index in [2.05, 4.69) is 9.88 Å². The van der Waals surface area contributed by atoms with E-state index in [0.29, 0.717) is 12.5 Å². The van der Waals surface area contributed by atoms with Gasteiger partial charge in [0.25, 0.3) is 5.91 Å². The molecule has 1 aliphatic carbocycles. The van der Waals surface area contributed by atoms with Gasteiger partial charge in [-0.3, -0.25) is 9.59 Å². The molecular formula is C16H21N3O2. The summed E-state index contributed by atoms with van der Waals surface area (Å²) < 4.78 is 2.13. The molecule has 112 valence electrons. The van der Waals surface area contributed by atoms with Crippen LogP contribution in [0.4, 0.5) is 0 Å². The lowest BCUT2D eigenvalue weighted by atomic mass is 9.77. The lowest BCUT2D eigenvalue weighted by Crippen LogP contribution is -2.44. The number of hydrogen-bond donors (Lipinski definition) is 1. The Bertz CT molecular complexity index is 580. The van der Waals surface area contributed by atoms with Crippen LogP contribution in [0.15, 0.2) is 18.3 Å². The summed E-state index contributed by atoms with van der Waals surface area (Å²) in [6, 6.07) is 4.44. The van der Waals surface area contributed by atoms with Crippen LogP contribution < -0.4 is 5.32 Å². The molecular weight excluding hydrogens is 266 g/mol. The number of aromatic nitrogens is 1. The Morgan fingerprint density at radius 1 is 1.29 bits per heavy atom. The molecule has 3 fully saturated rings. The van der Waals surface area contributed by atoms with Crippen molar-refractivity contribution in [2.45, 2.75) is 38.1 Å². The van der Waals surface area contributed by atoms with Gasteiger partial charge in [-0.25, -0.2) is 0 Å². The predicted molar refractivity (Wildman–Crippen MR) is 77.9 cm³/mol. The minimum Gasteiger partial charge on any atom is -0.356 e. The van der Waals surface area contributed by atoms with Crippen molar-refractivity contribution >= 4 is 11.8 Å². The Morgan fingerprint density at radius 3 is 2.67 bits per heavy atom. The minimum atomic E-state index is 0.104. The fraction of sp³-hybridized carbons (Fsp3) is 0.625. The van der Waals surface area contributed by atoms with E-state index in [1.54, 1.807) is 0 Å². The smallest absolute Gasteiger partial charge is 0.270 e. The van der Waals surface area contributed by atoms with Crippen molar-refractivity contribution in [3.05, 3.63) is 24.0 Å². The third-order valence-electron chi connectivity index (χ3n) is 5.25. The molecule has 3 aliphatic rings. The van der Waals surface area contributed by atoms with Crippen LogP contribution in [0.5, 0.6) is 0 Å². The average molecular weight is 287 g/mol. The van der Waals surface area contributed by atoms with E-state index in [-0.39, 0.29) is 17.2 Å². The number of nitrogens with zero attached hydrogens (tertiary/aromatic N) is 2. The zero-order valence-electron chi connectivity index (χ0n) is 12.2. The molecule has 0 radical (unpaired) electrons. The van der Waals surface area contributed by atoms with Crippen LogP contribution in [-0.2, 0) is 4.79 Å². The maximum Gasteiger partial charge on any atom is 0.270 e. The van der Waals surface area contributed by atoms with Crippen molar-refractivity contribution in [3.63, 3.8) is 0 Å².